The Morgan fingerprint density at radius 3 is 2.90 bits per heavy atom. The SMILES string of the molecule is COCCc1ccccc1NC(=O)c1cnccc1Cl. The second-order valence-corrected chi connectivity index (χ2v) is 4.62. The Bertz CT molecular complexity index is 602. The highest BCUT2D eigenvalue weighted by Gasteiger charge is 2.12. The molecule has 2 rings (SSSR count). The van der Waals surface area contributed by atoms with E-state index in [0.29, 0.717) is 17.2 Å². The Labute approximate surface area is 122 Å². The lowest BCUT2D eigenvalue weighted by atomic mass is 10.1. The molecule has 104 valence electrons. The van der Waals surface area contributed by atoms with Crippen LogP contribution in [-0.4, -0.2) is 24.6 Å². The summed E-state index contributed by atoms with van der Waals surface area (Å²) < 4.78 is 5.07. The van der Waals surface area contributed by atoms with Gasteiger partial charge in [0.15, 0.2) is 0 Å². The average Bonchev–Trinajstić information content (AvgIpc) is 2.46. The number of anilines is 1. The molecule has 1 aromatic heterocycles. The third-order valence-corrected chi connectivity index (χ3v) is 3.18. The summed E-state index contributed by atoms with van der Waals surface area (Å²) in [6, 6.07) is 9.20. The molecule has 0 aliphatic heterocycles. The van der Waals surface area contributed by atoms with Crippen LogP contribution in [0.1, 0.15) is 15.9 Å². The minimum atomic E-state index is -0.270. The fourth-order valence-corrected chi connectivity index (χ4v) is 2.00. The summed E-state index contributed by atoms with van der Waals surface area (Å²) in [5, 5.41) is 3.24. The van der Waals surface area contributed by atoms with Crippen LogP contribution in [0.5, 0.6) is 0 Å². The van der Waals surface area contributed by atoms with Crippen molar-refractivity contribution in [3.63, 3.8) is 0 Å². The van der Waals surface area contributed by atoms with Crippen molar-refractivity contribution >= 4 is 23.2 Å². The van der Waals surface area contributed by atoms with Gasteiger partial charge in [0.25, 0.3) is 5.91 Å². The number of hydrogen-bond acceptors (Lipinski definition) is 3. The van der Waals surface area contributed by atoms with Gasteiger partial charge in [-0.3, -0.25) is 9.78 Å². The highest BCUT2D eigenvalue weighted by molar-refractivity contribution is 6.34. The molecule has 0 atom stereocenters. The number of carbonyl (C=O) groups excluding carboxylic acids is 1. The number of para-hydroxylation sites is 1. The fourth-order valence-electron chi connectivity index (χ4n) is 1.81. The Morgan fingerprint density at radius 2 is 2.15 bits per heavy atom. The number of pyridine rings is 1. The van der Waals surface area contributed by atoms with E-state index in [2.05, 4.69) is 10.3 Å². The van der Waals surface area contributed by atoms with Gasteiger partial charge in [0.1, 0.15) is 0 Å². The van der Waals surface area contributed by atoms with E-state index in [1.807, 2.05) is 24.3 Å². The van der Waals surface area contributed by atoms with Gasteiger partial charge in [0, 0.05) is 25.2 Å². The minimum absolute atomic E-state index is 0.270. The van der Waals surface area contributed by atoms with Gasteiger partial charge in [-0.25, -0.2) is 0 Å². The second kappa shape index (κ2) is 7.03. The van der Waals surface area contributed by atoms with E-state index < -0.39 is 0 Å². The third-order valence-electron chi connectivity index (χ3n) is 2.85. The maximum absolute atomic E-state index is 12.2. The topological polar surface area (TPSA) is 51.2 Å². The lowest BCUT2D eigenvalue weighted by Gasteiger charge is -2.11. The number of amides is 1. The molecule has 0 unspecified atom stereocenters. The second-order valence-electron chi connectivity index (χ2n) is 4.21. The van der Waals surface area contributed by atoms with Gasteiger partial charge in [0.05, 0.1) is 17.2 Å². The summed E-state index contributed by atoms with van der Waals surface area (Å²) >= 11 is 5.99. The molecule has 4 nitrogen and oxygen atoms in total. The smallest absolute Gasteiger partial charge is 0.258 e. The molecule has 1 heterocycles. The number of hydrogen-bond donors (Lipinski definition) is 1. The number of rotatable bonds is 5. The summed E-state index contributed by atoms with van der Waals surface area (Å²) in [5.41, 5.74) is 2.13. The molecular weight excluding hydrogens is 276 g/mol. The maximum Gasteiger partial charge on any atom is 0.258 e. The van der Waals surface area contributed by atoms with Crippen molar-refractivity contribution in [1.29, 1.82) is 0 Å². The van der Waals surface area contributed by atoms with Crippen LogP contribution in [0.3, 0.4) is 0 Å². The molecule has 0 radical (unpaired) electrons. The van der Waals surface area contributed by atoms with E-state index in [0.717, 1.165) is 17.7 Å². The predicted molar refractivity (Wildman–Crippen MR) is 79.2 cm³/mol. The molecule has 1 N–H and O–H groups in total. The quantitative estimate of drug-likeness (QED) is 0.920. The molecule has 1 aromatic carbocycles. The number of nitrogens with zero attached hydrogens (tertiary/aromatic N) is 1. The Morgan fingerprint density at radius 1 is 1.35 bits per heavy atom. The van der Waals surface area contributed by atoms with E-state index in [-0.39, 0.29) is 5.91 Å². The maximum atomic E-state index is 12.2. The summed E-state index contributed by atoms with van der Waals surface area (Å²) in [4.78, 5) is 16.1. The van der Waals surface area contributed by atoms with Gasteiger partial charge in [0.2, 0.25) is 0 Å². The van der Waals surface area contributed by atoms with Crippen LogP contribution < -0.4 is 5.32 Å². The Hall–Kier alpha value is -1.91. The summed E-state index contributed by atoms with van der Waals surface area (Å²) in [7, 11) is 1.65. The van der Waals surface area contributed by atoms with Crippen molar-refractivity contribution in [2.75, 3.05) is 19.0 Å². The van der Waals surface area contributed by atoms with E-state index >= 15 is 0 Å². The van der Waals surface area contributed by atoms with Gasteiger partial charge < -0.3 is 10.1 Å². The fraction of sp³-hybridized carbons (Fsp3) is 0.200. The van der Waals surface area contributed by atoms with E-state index in [1.54, 1.807) is 19.4 Å². The highest BCUT2D eigenvalue weighted by Crippen LogP contribution is 2.19. The van der Waals surface area contributed by atoms with Gasteiger partial charge >= 0.3 is 0 Å². The number of ether oxygens (including phenoxy) is 1. The van der Waals surface area contributed by atoms with Crippen molar-refractivity contribution < 1.29 is 9.53 Å². The molecule has 1 amide bonds. The normalized spacial score (nSPS) is 10.3. The first-order valence-electron chi connectivity index (χ1n) is 6.20. The zero-order valence-corrected chi connectivity index (χ0v) is 11.9. The molecule has 5 heteroatoms. The molecule has 0 saturated heterocycles. The molecule has 20 heavy (non-hydrogen) atoms. The molecule has 0 fully saturated rings. The average molecular weight is 291 g/mol. The standard InChI is InChI=1S/C15H15ClN2O2/c1-20-9-7-11-4-2-3-5-14(11)18-15(19)12-10-17-8-6-13(12)16/h2-6,8,10H,7,9H2,1H3,(H,18,19). The molecule has 0 saturated carbocycles. The summed E-state index contributed by atoms with van der Waals surface area (Å²) in [5.74, 6) is -0.270. The molecule has 0 bridgehead atoms. The van der Waals surface area contributed by atoms with Crippen molar-refractivity contribution in [1.82, 2.24) is 4.98 Å². The van der Waals surface area contributed by atoms with Crippen LogP contribution >= 0.6 is 11.6 Å². The molecule has 2 aromatic rings. The van der Waals surface area contributed by atoms with Crippen LogP contribution in [0.25, 0.3) is 0 Å². The molecular formula is C15H15ClN2O2. The minimum Gasteiger partial charge on any atom is -0.384 e. The van der Waals surface area contributed by atoms with Crippen molar-refractivity contribution in [3.05, 3.63) is 58.9 Å². The first kappa shape index (κ1) is 14.5. The third kappa shape index (κ3) is 3.56. The van der Waals surface area contributed by atoms with Crippen molar-refractivity contribution in [3.8, 4) is 0 Å². The zero-order valence-electron chi connectivity index (χ0n) is 11.1. The van der Waals surface area contributed by atoms with E-state index in [9.17, 15) is 4.79 Å². The number of aromatic nitrogens is 1. The van der Waals surface area contributed by atoms with Gasteiger partial charge in [-0.15, -0.1) is 0 Å². The lowest BCUT2D eigenvalue weighted by Crippen LogP contribution is -2.14. The van der Waals surface area contributed by atoms with Crippen LogP contribution in [0.4, 0.5) is 5.69 Å². The van der Waals surface area contributed by atoms with Gasteiger partial charge in [-0.05, 0) is 24.1 Å². The monoisotopic (exact) mass is 290 g/mol. The lowest BCUT2D eigenvalue weighted by molar-refractivity contribution is 0.102. The summed E-state index contributed by atoms with van der Waals surface area (Å²) in [6.07, 6.45) is 3.73. The van der Waals surface area contributed by atoms with Crippen LogP contribution in [0.2, 0.25) is 5.02 Å². The number of methoxy groups -OCH3 is 1. The number of halogens is 1. The van der Waals surface area contributed by atoms with E-state index in [1.165, 1.54) is 6.20 Å². The molecule has 0 spiro atoms. The highest BCUT2D eigenvalue weighted by atomic mass is 35.5. The zero-order chi connectivity index (χ0) is 14.4. The van der Waals surface area contributed by atoms with Crippen LogP contribution in [0, 0.1) is 0 Å². The first-order valence-corrected chi connectivity index (χ1v) is 6.58. The van der Waals surface area contributed by atoms with Gasteiger partial charge in [-0.1, -0.05) is 29.8 Å². The predicted octanol–water partition coefficient (Wildman–Crippen LogP) is 3.18. The molecule has 0 aliphatic carbocycles. The van der Waals surface area contributed by atoms with E-state index in [4.69, 9.17) is 16.3 Å². The number of carbonyl (C=O) groups is 1. The van der Waals surface area contributed by atoms with Crippen LogP contribution in [0.15, 0.2) is 42.7 Å². The number of nitrogens with one attached hydrogen (secondary N) is 1. The number of benzene rings is 1. The van der Waals surface area contributed by atoms with Crippen LogP contribution in [-0.2, 0) is 11.2 Å². The van der Waals surface area contributed by atoms with Gasteiger partial charge in [-0.2, -0.15) is 0 Å². The molecule has 0 aliphatic rings. The van der Waals surface area contributed by atoms with Crippen molar-refractivity contribution in [2.45, 2.75) is 6.42 Å². The summed E-state index contributed by atoms with van der Waals surface area (Å²) in [6.45, 7) is 0.598. The largest absolute Gasteiger partial charge is 0.384 e. The Balaban J connectivity index is 2.18. The van der Waals surface area contributed by atoms with Crippen molar-refractivity contribution in [2.24, 2.45) is 0 Å². The first-order chi connectivity index (χ1) is 9.72. The Kier molecular flexibility index (Phi) is 5.09.